The summed E-state index contributed by atoms with van der Waals surface area (Å²) in [6, 6.07) is 12.5. The Hall–Kier alpha value is -6.20. The molecule has 3 aromatic carbocycles. The molecule has 2 aromatic heterocycles. The predicted molar refractivity (Wildman–Crippen MR) is 271 cm³/mol. The van der Waals surface area contributed by atoms with Crippen molar-refractivity contribution in [3.8, 4) is 28.1 Å². The number of benzene rings is 3. The third-order valence-corrected chi connectivity index (χ3v) is 15.8. The number of hydrogen-bond acceptors (Lipinski definition) is 11. The lowest BCUT2D eigenvalue weighted by molar-refractivity contribution is -0.141. The molecule has 10 rings (SSSR count). The van der Waals surface area contributed by atoms with E-state index in [4.69, 9.17) is 33.7 Å². The first-order chi connectivity index (χ1) is 34.7. The molecule has 72 heavy (non-hydrogen) atoms. The second kappa shape index (κ2) is 20.4. The summed E-state index contributed by atoms with van der Waals surface area (Å²) in [5.74, 6) is 1.74. The molecule has 7 heterocycles. The van der Waals surface area contributed by atoms with Crippen molar-refractivity contribution in [1.82, 2.24) is 40.4 Å². The van der Waals surface area contributed by atoms with Gasteiger partial charge in [-0.25, -0.2) is 19.6 Å². The molecule has 5 aliphatic rings. The van der Waals surface area contributed by atoms with E-state index < -0.39 is 24.3 Å². The van der Waals surface area contributed by atoms with E-state index in [1.54, 1.807) is 13.8 Å². The van der Waals surface area contributed by atoms with Crippen molar-refractivity contribution in [2.24, 2.45) is 11.8 Å². The smallest absolute Gasteiger partial charge is 0.407 e. The molecule has 4 fully saturated rings. The van der Waals surface area contributed by atoms with Gasteiger partial charge in [-0.2, -0.15) is 0 Å². The van der Waals surface area contributed by atoms with Crippen LogP contribution in [0.15, 0.2) is 48.7 Å². The van der Waals surface area contributed by atoms with E-state index in [0.29, 0.717) is 43.9 Å². The Morgan fingerprint density at radius 3 is 1.83 bits per heavy atom. The van der Waals surface area contributed by atoms with Gasteiger partial charge in [0, 0.05) is 23.0 Å². The monoisotopic (exact) mass is 987 g/mol. The second-order valence-electron chi connectivity index (χ2n) is 21.0. The van der Waals surface area contributed by atoms with Crippen LogP contribution in [-0.4, -0.2) is 116 Å². The normalized spacial score (nSPS) is 27.9. The third kappa shape index (κ3) is 9.61. The summed E-state index contributed by atoms with van der Waals surface area (Å²) >= 11 is 0. The molecular weight excluding hydrogens is 917 g/mol. The number of carbonyl (C=O) groups excluding carboxylic acids is 4. The standard InChI is InChI=1S/C55H70N8O9/c1-9-68-54(66)60-47(36-19-30(5)71-31(6)20-36)52(64)62-28(3)11-17-44(62)50-56-26-43(58-50)35-13-15-39-38(23-35)27-70-46-25-40-34(24-41(39)46)14-16-42-49(40)59-51(57-42)45-18-12-29(4)63(45)53(65)48(61-55(67)69-10-2)37-21-32(7)72-33(8)22-37/h13-16,23-26,28-33,36-37,44-45,47-48H,9-12,17-22,27H2,1-8H3,(H,56,58)(H,57,59)(H,60,66)(H,61,67)/t28-,29-,30+,31+,32+,33+,44-,45-,47-,48-/m0/s1. The van der Waals surface area contributed by atoms with Gasteiger partial charge in [0.25, 0.3) is 0 Å². The fraction of sp³-hybridized carbons (Fsp3) is 0.564. The van der Waals surface area contributed by atoms with Gasteiger partial charge in [0.1, 0.15) is 36.1 Å². The molecular formula is C55H70N8O9. The van der Waals surface area contributed by atoms with Crippen molar-refractivity contribution >= 4 is 45.8 Å². The molecule has 4 N–H and O–H groups in total. The summed E-state index contributed by atoms with van der Waals surface area (Å²) in [4.78, 5) is 76.1. The number of imidazole rings is 2. The minimum absolute atomic E-state index is 0.0339. The molecule has 5 aliphatic heterocycles. The van der Waals surface area contributed by atoms with Crippen LogP contribution >= 0.6 is 0 Å². The average Bonchev–Trinajstić information content (AvgIpc) is 4.17. The van der Waals surface area contributed by atoms with Gasteiger partial charge in [0.2, 0.25) is 11.8 Å². The lowest BCUT2D eigenvalue weighted by Crippen LogP contribution is -2.55. The Morgan fingerprint density at radius 2 is 1.26 bits per heavy atom. The van der Waals surface area contributed by atoms with Crippen LogP contribution in [0.3, 0.4) is 0 Å². The number of rotatable bonds is 11. The van der Waals surface area contributed by atoms with Crippen molar-refractivity contribution in [2.75, 3.05) is 13.2 Å². The zero-order valence-corrected chi connectivity index (χ0v) is 42.8. The fourth-order valence-electron chi connectivity index (χ4n) is 12.7. The molecule has 17 heteroatoms. The predicted octanol–water partition coefficient (Wildman–Crippen LogP) is 9.41. The van der Waals surface area contributed by atoms with Crippen molar-refractivity contribution in [2.45, 2.75) is 174 Å². The molecule has 0 unspecified atom stereocenters. The molecule has 4 saturated heterocycles. The van der Waals surface area contributed by atoms with Crippen LogP contribution in [0.25, 0.3) is 44.2 Å². The number of amides is 4. The van der Waals surface area contributed by atoms with Crippen molar-refractivity contribution in [1.29, 1.82) is 0 Å². The quantitative estimate of drug-likeness (QED) is 0.0982. The number of fused-ring (bicyclic) bond motifs is 6. The Kier molecular flexibility index (Phi) is 14.0. The Bertz CT molecular complexity index is 2830. The van der Waals surface area contributed by atoms with E-state index in [0.717, 1.165) is 81.2 Å². The van der Waals surface area contributed by atoms with Gasteiger partial charge in [0.05, 0.1) is 72.6 Å². The molecule has 0 bridgehead atoms. The highest BCUT2D eigenvalue weighted by Crippen LogP contribution is 2.45. The highest BCUT2D eigenvalue weighted by molar-refractivity contribution is 6.07. The number of carbonyl (C=O) groups is 4. The van der Waals surface area contributed by atoms with Crippen LogP contribution in [0, 0.1) is 11.8 Å². The maximum absolute atomic E-state index is 14.7. The number of aromatic nitrogens is 4. The first kappa shape index (κ1) is 49.4. The van der Waals surface area contributed by atoms with Crippen LogP contribution < -0.4 is 15.4 Å². The van der Waals surface area contributed by atoms with Crippen LogP contribution in [0.5, 0.6) is 5.75 Å². The zero-order valence-electron chi connectivity index (χ0n) is 42.8. The van der Waals surface area contributed by atoms with Crippen molar-refractivity contribution in [3.05, 3.63) is 65.9 Å². The number of nitrogens with zero attached hydrogens (tertiary/aromatic N) is 4. The lowest BCUT2D eigenvalue weighted by atomic mass is 9.85. The summed E-state index contributed by atoms with van der Waals surface area (Å²) in [6.45, 7) is 16.5. The molecule has 4 amide bonds. The number of ether oxygens (including phenoxy) is 5. The second-order valence-corrected chi connectivity index (χ2v) is 21.0. The number of aromatic amines is 2. The molecule has 0 aliphatic carbocycles. The minimum Gasteiger partial charge on any atom is -0.488 e. The molecule has 384 valence electrons. The fourth-order valence-corrected chi connectivity index (χ4v) is 12.7. The van der Waals surface area contributed by atoms with Crippen LogP contribution in [0.4, 0.5) is 9.59 Å². The van der Waals surface area contributed by atoms with Gasteiger partial charge in [0.15, 0.2) is 0 Å². The summed E-state index contributed by atoms with van der Waals surface area (Å²) in [7, 11) is 0. The third-order valence-electron chi connectivity index (χ3n) is 15.8. The molecule has 17 nitrogen and oxygen atoms in total. The van der Waals surface area contributed by atoms with Gasteiger partial charge >= 0.3 is 12.2 Å². The SMILES string of the molecule is CCOC(=O)N[C@H](C(=O)N1[C@@H](C)CC[C@H]1c1ncc(-c2ccc3c(c2)COc2cc4c(ccc5nc([C@@H]6CC[C@H](C)N6C(=O)[C@@H](NC(=O)OCC)C6C[C@@H](C)O[C@H](C)C6)[nH]c54)cc2-3)[nH]1)C1C[C@@H](C)O[C@H](C)C1. The van der Waals surface area contributed by atoms with E-state index in [-0.39, 0.29) is 85.4 Å². The first-order valence-electron chi connectivity index (χ1n) is 26.3. The molecule has 0 saturated carbocycles. The van der Waals surface area contributed by atoms with E-state index in [9.17, 15) is 19.2 Å². The number of likely N-dealkylation sites (tertiary alicyclic amines) is 2. The Labute approximate surface area is 420 Å². The zero-order chi connectivity index (χ0) is 50.5. The van der Waals surface area contributed by atoms with Crippen molar-refractivity contribution in [3.63, 3.8) is 0 Å². The Morgan fingerprint density at radius 1 is 0.694 bits per heavy atom. The highest BCUT2D eigenvalue weighted by Gasteiger charge is 2.46. The maximum Gasteiger partial charge on any atom is 0.407 e. The van der Waals surface area contributed by atoms with Gasteiger partial charge in [-0.3, -0.25) is 9.59 Å². The van der Waals surface area contributed by atoms with Crippen molar-refractivity contribution < 1.29 is 42.9 Å². The number of alkyl carbamates (subject to hydrolysis) is 2. The van der Waals surface area contributed by atoms with Gasteiger partial charge in [-0.15, -0.1) is 0 Å². The molecule has 0 spiro atoms. The summed E-state index contributed by atoms with van der Waals surface area (Å²) in [5.41, 5.74) is 6.58. The number of H-pyrrole nitrogens is 2. The molecule has 0 radical (unpaired) electrons. The lowest BCUT2D eigenvalue weighted by Gasteiger charge is -2.39. The molecule has 10 atom stereocenters. The largest absolute Gasteiger partial charge is 0.488 e. The summed E-state index contributed by atoms with van der Waals surface area (Å²) in [5, 5.41) is 7.88. The van der Waals surface area contributed by atoms with Crippen LogP contribution in [-0.2, 0) is 35.1 Å². The van der Waals surface area contributed by atoms with E-state index in [1.807, 2.05) is 49.8 Å². The first-order valence-corrected chi connectivity index (χ1v) is 26.3. The Balaban J connectivity index is 0.888. The van der Waals surface area contributed by atoms with Crippen LogP contribution in [0.1, 0.15) is 136 Å². The summed E-state index contributed by atoms with van der Waals surface area (Å²) < 4.78 is 29.1. The van der Waals surface area contributed by atoms with E-state index >= 15 is 0 Å². The minimum atomic E-state index is -0.757. The van der Waals surface area contributed by atoms with E-state index in [1.165, 1.54) is 0 Å². The molecule has 5 aromatic rings. The van der Waals surface area contributed by atoms with Gasteiger partial charge < -0.3 is 54.1 Å². The topological polar surface area (TPSA) is 202 Å². The van der Waals surface area contributed by atoms with E-state index in [2.05, 4.69) is 70.8 Å². The highest BCUT2D eigenvalue weighted by atomic mass is 16.6. The van der Waals surface area contributed by atoms with Gasteiger partial charge in [-0.1, -0.05) is 18.2 Å². The van der Waals surface area contributed by atoms with Gasteiger partial charge in [-0.05, 0) is 165 Å². The maximum atomic E-state index is 14.7. The van der Waals surface area contributed by atoms with Crippen LogP contribution in [0.2, 0.25) is 0 Å². The number of hydrogen-bond donors (Lipinski definition) is 4. The number of nitrogens with one attached hydrogen (secondary N) is 4. The average molecular weight is 987 g/mol. The summed E-state index contributed by atoms with van der Waals surface area (Å²) in [6.07, 6.45) is 6.22.